The molecule has 0 bridgehead atoms. The van der Waals surface area contributed by atoms with E-state index in [2.05, 4.69) is 41.4 Å². The van der Waals surface area contributed by atoms with Crippen molar-refractivity contribution in [2.45, 2.75) is 63.3 Å². The number of nitrogens with one attached hydrogen (secondary N) is 1. The van der Waals surface area contributed by atoms with Gasteiger partial charge in [0.25, 0.3) is 0 Å². The number of hydrogen-bond donors (Lipinski definition) is 1. The molecule has 1 N–H and O–H groups in total. The normalized spacial score (nSPS) is 31.4. The van der Waals surface area contributed by atoms with Crippen molar-refractivity contribution in [1.82, 2.24) is 5.32 Å². The highest BCUT2D eigenvalue weighted by molar-refractivity contribution is 5.55. The summed E-state index contributed by atoms with van der Waals surface area (Å²) in [5.41, 5.74) is 3.10. The molecule has 0 aromatic heterocycles. The topological polar surface area (TPSA) is 24.5 Å². The van der Waals surface area contributed by atoms with Crippen LogP contribution in [0.15, 0.2) is 24.3 Å². The maximum Gasteiger partial charge on any atom is 0.0702 e. The van der Waals surface area contributed by atoms with Gasteiger partial charge in [0.05, 0.1) is 5.60 Å². The van der Waals surface area contributed by atoms with Crippen LogP contribution in [0.25, 0.3) is 0 Å². The number of para-hydroxylation sites is 1. The Morgan fingerprint density at radius 2 is 2.14 bits per heavy atom. The standard InChI is InChI=1S/C18H26N2O/c1-14-13-20(17-6-3-2-5-15(17)12-19-14)16-7-10-21-18(11-16)8-4-9-18/h2-3,5-6,14,16,19H,4,7-13H2,1H3. The summed E-state index contributed by atoms with van der Waals surface area (Å²) >= 11 is 0. The zero-order valence-corrected chi connectivity index (χ0v) is 13.0. The zero-order chi connectivity index (χ0) is 14.3. The van der Waals surface area contributed by atoms with E-state index >= 15 is 0 Å². The van der Waals surface area contributed by atoms with Crippen molar-refractivity contribution in [3.63, 3.8) is 0 Å². The minimum Gasteiger partial charge on any atom is -0.375 e. The highest BCUT2D eigenvalue weighted by atomic mass is 16.5. The Labute approximate surface area is 127 Å². The number of hydrogen-bond acceptors (Lipinski definition) is 3. The quantitative estimate of drug-likeness (QED) is 0.858. The largest absolute Gasteiger partial charge is 0.375 e. The first-order valence-electron chi connectivity index (χ1n) is 8.48. The van der Waals surface area contributed by atoms with Gasteiger partial charge in [0.15, 0.2) is 0 Å². The van der Waals surface area contributed by atoms with E-state index in [1.807, 2.05) is 0 Å². The van der Waals surface area contributed by atoms with Gasteiger partial charge >= 0.3 is 0 Å². The summed E-state index contributed by atoms with van der Waals surface area (Å²) in [6.45, 7) is 5.34. The molecule has 3 heteroatoms. The SMILES string of the molecule is CC1CN(C2CCOC3(CCC3)C2)c2ccccc2CN1. The summed E-state index contributed by atoms with van der Waals surface area (Å²) in [4.78, 5) is 2.67. The molecular formula is C18H26N2O. The fourth-order valence-electron chi connectivity index (χ4n) is 4.22. The first-order chi connectivity index (χ1) is 10.3. The van der Waals surface area contributed by atoms with E-state index in [4.69, 9.17) is 4.74 Å². The van der Waals surface area contributed by atoms with E-state index in [0.717, 1.165) is 19.7 Å². The first kappa shape index (κ1) is 13.6. The maximum atomic E-state index is 6.13. The summed E-state index contributed by atoms with van der Waals surface area (Å²) in [7, 11) is 0. The number of ether oxygens (including phenoxy) is 1. The molecule has 3 nitrogen and oxygen atoms in total. The summed E-state index contributed by atoms with van der Waals surface area (Å²) < 4.78 is 6.13. The molecule has 0 amide bonds. The molecule has 2 heterocycles. The van der Waals surface area contributed by atoms with E-state index in [0.29, 0.717) is 12.1 Å². The van der Waals surface area contributed by atoms with Gasteiger partial charge < -0.3 is 15.0 Å². The van der Waals surface area contributed by atoms with Crippen molar-refractivity contribution in [3.05, 3.63) is 29.8 Å². The Kier molecular flexibility index (Phi) is 3.43. The Hall–Kier alpha value is -1.06. The predicted molar refractivity (Wildman–Crippen MR) is 85.6 cm³/mol. The van der Waals surface area contributed by atoms with E-state index in [1.165, 1.54) is 43.4 Å². The zero-order valence-electron chi connectivity index (χ0n) is 13.0. The Morgan fingerprint density at radius 1 is 1.29 bits per heavy atom. The average Bonchev–Trinajstić information content (AvgIpc) is 2.66. The molecule has 2 fully saturated rings. The Bertz CT molecular complexity index is 512. The second-order valence-electron chi connectivity index (χ2n) is 7.09. The van der Waals surface area contributed by atoms with Gasteiger partial charge in [-0.25, -0.2) is 0 Å². The third kappa shape index (κ3) is 2.47. The van der Waals surface area contributed by atoms with E-state index in [1.54, 1.807) is 0 Å². The van der Waals surface area contributed by atoms with Crippen molar-refractivity contribution in [1.29, 1.82) is 0 Å². The number of anilines is 1. The fourth-order valence-corrected chi connectivity index (χ4v) is 4.22. The van der Waals surface area contributed by atoms with Gasteiger partial charge in [0, 0.05) is 37.5 Å². The van der Waals surface area contributed by atoms with Gasteiger partial charge in [-0.2, -0.15) is 0 Å². The Balaban J connectivity index is 1.62. The maximum absolute atomic E-state index is 6.13. The van der Waals surface area contributed by atoms with Crippen LogP contribution in [0.1, 0.15) is 44.6 Å². The molecule has 3 aliphatic rings. The molecule has 2 atom stereocenters. The van der Waals surface area contributed by atoms with Crippen molar-refractivity contribution in [2.24, 2.45) is 0 Å². The molecule has 114 valence electrons. The summed E-state index contributed by atoms with van der Waals surface area (Å²) in [6, 6.07) is 10.1. The molecule has 1 aromatic rings. The van der Waals surface area contributed by atoms with E-state index in [-0.39, 0.29) is 5.60 Å². The lowest BCUT2D eigenvalue weighted by molar-refractivity contribution is -0.132. The summed E-state index contributed by atoms with van der Waals surface area (Å²) in [5, 5.41) is 3.65. The molecule has 1 aliphatic carbocycles. The van der Waals surface area contributed by atoms with Gasteiger partial charge in [0.1, 0.15) is 0 Å². The first-order valence-corrected chi connectivity index (χ1v) is 8.48. The van der Waals surface area contributed by atoms with E-state index in [9.17, 15) is 0 Å². The van der Waals surface area contributed by atoms with Crippen LogP contribution in [0.4, 0.5) is 5.69 Å². The highest BCUT2D eigenvalue weighted by Crippen LogP contribution is 2.44. The molecule has 21 heavy (non-hydrogen) atoms. The van der Waals surface area contributed by atoms with Crippen LogP contribution in [-0.4, -0.2) is 30.8 Å². The third-order valence-corrected chi connectivity index (χ3v) is 5.59. The van der Waals surface area contributed by atoms with Gasteiger partial charge in [-0.05, 0) is 50.7 Å². The molecule has 1 saturated carbocycles. The molecule has 2 aliphatic heterocycles. The Morgan fingerprint density at radius 3 is 2.95 bits per heavy atom. The molecule has 1 aromatic carbocycles. The second kappa shape index (κ2) is 5.29. The second-order valence-corrected chi connectivity index (χ2v) is 7.09. The molecule has 4 rings (SSSR count). The van der Waals surface area contributed by atoms with Gasteiger partial charge in [-0.1, -0.05) is 18.2 Å². The van der Waals surface area contributed by atoms with Crippen molar-refractivity contribution in [3.8, 4) is 0 Å². The smallest absolute Gasteiger partial charge is 0.0702 e. The summed E-state index contributed by atoms with van der Waals surface area (Å²) in [6.07, 6.45) is 6.28. The molecular weight excluding hydrogens is 260 g/mol. The lowest BCUT2D eigenvalue weighted by Gasteiger charge is -2.50. The summed E-state index contributed by atoms with van der Waals surface area (Å²) in [5.74, 6) is 0. The number of rotatable bonds is 1. The van der Waals surface area contributed by atoms with Crippen LogP contribution >= 0.6 is 0 Å². The van der Waals surface area contributed by atoms with Gasteiger partial charge in [0.2, 0.25) is 0 Å². The minimum absolute atomic E-state index is 0.223. The van der Waals surface area contributed by atoms with Crippen molar-refractivity contribution < 1.29 is 4.74 Å². The van der Waals surface area contributed by atoms with Crippen LogP contribution in [0.3, 0.4) is 0 Å². The van der Waals surface area contributed by atoms with E-state index < -0.39 is 0 Å². The third-order valence-electron chi connectivity index (χ3n) is 5.59. The monoisotopic (exact) mass is 286 g/mol. The highest BCUT2D eigenvalue weighted by Gasteiger charge is 2.44. The average molecular weight is 286 g/mol. The van der Waals surface area contributed by atoms with Crippen LogP contribution in [0, 0.1) is 0 Å². The predicted octanol–water partition coefficient (Wildman–Crippen LogP) is 3.09. The number of benzene rings is 1. The fraction of sp³-hybridized carbons (Fsp3) is 0.667. The van der Waals surface area contributed by atoms with Crippen molar-refractivity contribution in [2.75, 3.05) is 18.1 Å². The van der Waals surface area contributed by atoms with Crippen LogP contribution < -0.4 is 10.2 Å². The number of nitrogens with zero attached hydrogens (tertiary/aromatic N) is 1. The van der Waals surface area contributed by atoms with Gasteiger partial charge in [-0.15, -0.1) is 0 Å². The van der Waals surface area contributed by atoms with Crippen LogP contribution in [0.2, 0.25) is 0 Å². The van der Waals surface area contributed by atoms with Gasteiger partial charge in [-0.3, -0.25) is 0 Å². The molecule has 0 radical (unpaired) electrons. The van der Waals surface area contributed by atoms with Crippen LogP contribution in [-0.2, 0) is 11.3 Å². The van der Waals surface area contributed by atoms with Crippen molar-refractivity contribution >= 4 is 5.69 Å². The molecule has 1 spiro atoms. The molecule has 1 saturated heterocycles. The molecule has 2 unspecified atom stereocenters. The number of fused-ring (bicyclic) bond motifs is 1. The van der Waals surface area contributed by atoms with Crippen LogP contribution in [0.5, 0.6) is 0 Å². The lowest BCUT2D eigenvalue weighted by Crippen LogP contribution is -2.53. The minimum atomic E-state index is 0.223. The lowest BCUT2D eigenvalue weighted by atomic mass is 9.73.